The average Bonchev–Trinajstić information content (AvgIpc) is 2.49. The first-order chi connectivity index (χ1) is 10.2. The van der Waals surface area contributed by atoms with Crippen LogP contribution in [0.15, 0.2) is 48.5 Å². The first kappa shape index (κ1) is 15.4. The van der Waals surface area contributed by atoms with Crippen LogP contribution in [0.3, 0.4) is 0 Å². The van der Waals surface area contributed by atoms with Crippen LogP contribution in [0.4, 0.5) is 4.39 Å². The topological polar surface area (TPSA) is 38.3 Å². The Bertz CT molecular complexity index is 584. The third-order valence-corrected chi connectivity index (χ3v) is 3.29. The maximum atomic E-state index is 12.8. The summed E-state index contributed by atoms with van der Waals surface area (Å²) in [7, 11) is 0. The van der Waals surface area contributed by atoms with E-state index in [1.54, 1.807) is 12.1 Å². The molecule has 2 aromatic carbocycles. The minimum atomic E-state index is -0.293. The first-order valence-corrected chi connectivity index (χ1v) is 7.85. The zero-order chi connectivity index (χ0) is 15.1. The van der Waals surface area contributed by atoms with E-state index in [0.29, 0.717) is 23.8 Å². The second kappa shape index (κ2) is 7.69. The molecular formula is C16H16FNO2S. The fraction of sp³-hybridized carbons (Fsp3) is 0.188. The highest BCUT2D eigenvalue weighted by atomic mass is 32.2. The van der Waals surface area contributed by atoms with Crippen molar-refractivity contribution >= 4 is 17.7 Å². The number of benzene rings is 2. The number of carbonyl (C=O) groups excluding carboxylic acids is 1. The number of thioether (sulfide) groups is 1. The van der Waals surface area contributed by atoms with Gasteiger partial charge in [-0.15, -0.1) is 0 Å². The van der Waals surface area contributed by atoms with Crippen LogP contribution in [0.5, 0.6) is 11.5 Å². The molecule has 2 rings (SSSR count). The van der Waals surface area contributed by atoms with Crippen molar-refractivity contribution < 1.29 is 13.9 Å². The molecule has 0 spiro atoms. The van der Waals surface area contributed by atoms with Gasteiger partial charge >= 0.3 is 0 Å². The van der Waals surface area contributed by atoms with Gasteiger partial charge in [-0.3, -0.25) is 4.79 Å². The van der Waals surface area contributed by atoms with Gasteiger partial charge in [-0.2, -0.15) is 11.8 Å². The third-order valence-electron chi connectivity index (χ3n) is 2.74. The molecule has 0 heterocycles. The molecule has 0 radical (unpaired) electrons. The van der Waals surface area contributed by atoms with Crippen LogP contribution in [0, 0.1) is 5.82 Å². The Morgan fingerprint density at radius 1 is 1.10 bits per heavy atom. The Morgan fingerprint density at radius 2 is 1.67 bits per heavy atom. The molecule has 0 aromatic heterocycles. The van der Waals surface area contributed by atoms with E-state index >= 15 is 0 Å². The lowest BCUT2D eigenvalue weighted by atomic mass is 10.2. The maximum Gasteiger partial charge on any atom is 0.230 e. The number of amides is 1. The van der Waals surface area contributed by atoms with E-state index in [1.807, 2.05) is 30.5 Å². The molecule has 2 aromatic rings. The van der Waals surface area contributed by atoms with E-state index in [0.717, 1.165) is 5.56 Å². The van der Waals surface area contributed by atoms with E-state index in [4.69, 9.17) is 4.74 Å². The largest absolute Gasteiger partial charge is 0.457 e. The summed E-state index contributed by atoms with van der Waals surface area (Å²) in [6.45, 7) is 0.496. The van der Waals surface area contributed by atoms with Crippen molar-refractivity contribution in [2.75, 3.05) is 12.0 Å². The summed E-state index contributed by atoms with van der Waals surface area (Å²) >= 11 is 1.49. The number of rotatable bonds is 6. The number of hydrogen-bond donors (Lipinski definition) is 1. The van der Waals surface area contributed by atoms with Crippen molar-refractivity contribution in [3.63, 3.8) is 0 Å². The Labute approximate surface area is 127 Å². The van der Waals surface area contributed by atoms with Crippen LogP contribution in [0.1, 0.15) is 5.56 Å². The van der Waals surface area contributed by atoms with Crippen molar-refractivity contribution in [2.24, 2.45) is 0 Å². The molecule has 5 heteroatoms. The van der Waals surface area contributed by atoms with Crippen molar-refractivity contribution in [1.82, 2.24) is 5.32 Å². The fourth-order valence-corrected chi connectivity index (χ4v) is 2.06. The highest BCUT2D eigenvalue weighted by Crippen LogP contribution is 2.21. The lowest BCUT2D eigenvalue weighted by Gasteiger charge is -2.07. The minimum absolute atomic E-state index is 0.0224. The second-order valence-corrected chi connectivity index (χ2v) is 5.28. The summed E-state index contributed by atoms with van der Waals surface area (Å²) in [5.74, 6) is 1.44. The van der Waals surface area contributed by atoms with Crippen LogP contribution < -0.4 is 10.1 Å². The molecule has 0 unspecified atom stereocenters. The van der Waals surface area contributed by atoms with E-state index < -0.39 is 0 Å². The zero-order valence-electron chi connectivity index (χ0n) is 11.6. The zero-order valence-corrected chi connectivity index (χ0v) is 12.5. The van der Waals surface area contributed by atoms with Gasteiger partial charge in [0.05, 0.1) is 5.75 Å². The molecule has 1 N–H and O–H groups in total. The third kappa shape index (κ3) is 5.11. The molecule has 110 valence electrons. The van der Waals surface area contributed by atoms with Gasteiger partial charge in [-0.25, -0.2) is 4.39 Å². The van der Waals surface area contributed by atoms with Gasteiger partial charge in [0.15, 0.2) is 0 Å². The summed E-state index contributed by atoms with van der Waals surface area (Å²) in [4.78, 5) is 11.4. The van der Waals surface area contributed by atoms with Crippen molar-refractivity contribution in [3.05, 3.63) is 59.9 Å². The molecule has 0 aliphatic carbocycles. The summed E-state index contributed by atoms with van der Waals surface area (Å²) in [6, 6.07) is 13.3. The lowest BCUT2D eigenvalue weighted by molar-refractivity contribution is -0.118. The maximum absolute atomic E-state index is 12.8. The minimum Gasteiger partial charge on any atom is -0.457 e. The standard InChI is InChI=1S/C16H16FNO2S/c1-21-11-16(19)18-10-12-2-6-14(7-3-12)20-15-8-4-13(17)5-9-15/h2-9H,10-11H2,1H3,(H,18,19). The Kier molecular flexibility index (Phi) is 5.63. The van der Waals surface area contributed by atoms with Gasteiger partial charge in [-0.1, -0.05) is 12.1 Å². The van der Waals surface area contributed by atoms with Crippen molar-refractivity contribution in [3.8, 4) is 11.5 Å². The van der Waals surface area contributed by atoms with Crippen LogP contribution in [0.25, 0.3) is 0 Å². The summed E-state index contributed by atoms with van der Waals surface area (Å²) in [6.07, 6.45) is 1.89. The summed E-state index contributed by atoms with van der Waals surface area (Å²) in [5, 5.41) is 2.83. The molecule has 1 amide bonds. The number of halogens is 1. The monoisotopic (exact) mass is 305 g/mol. The number of carbonyl (C=O) groups is 1. The van der Waals surface area contributed by atoms with E-state index in [-0.39, 0.29) is 11.7 Å². The van der Waals surface area contributed by atoms with Crippen LogP contribution >= 0.6 is 11.8 Å². The molecule has 0 atom stereocenters. The molecule has 0 saturated heterocycles. The van der Waals surface area contributed by atoms with Crippen molar-refractivity contribution in [1.29, 1.82) is 0 Å². The molecule has 3 nitrogen and oxygen atoms in total. The van der Waals surface area contributed by atoms with E-state index in [9.17, 15) is 9.18 Å². The molecule has 0 fully saturated rings. The summed E-state index contributed by atoms with van der Waals surface area (Å²) in [5.41, 5.74) is 0.996. The molecule has 0 saturated carbocycles. The first-order valence-electron chi connectivity index (χ1n) is 6.45. The number of ether oxygens (including phenoxy) is 1. The predicted molar refractivity (Wildman–Crippen MR) is 83.1 cm³/mol. The quantitative estimate of drug-likeness (QED) is 0.886. The average molecular weight is 305 g/mol. The van der Waals surface area contributed by atoms with Gasteiger partial charge in [-0.05, 0) is 48.2 Å². The molecule has 0 bridgehead atoms. The summed E-state index contributed by atoms with van der Waals surface area (Å²) < 4.78 is 18.4. The SMILES string of the molecule is CSCC(=O)NCc1ccc(Oc2ccc(F)cc2)cc1. The van der Waals surface area contributed by atoms with Gasteiger partial charge in [0.25, 0.3) is 0 Å². The fourth-order valence-electron chi connectivity index (χ4n) is 1.70. The Hall–Kier alpha value is -2.01. The van der Waals surface area contributed by atoms with Crippen LogP contribution in [0.2, 0.25) is 0 Å². The van der Waals surface area contributed by atoms with Gasteiger partial charge in [0.1, 0.15) is 17.3 Å². The highest BCUT2D eigenvalue weighted by Gasteiger charge is 2.01. The lowest BCUT2D eigenvalue weighted by Crippen LogP contribution is -2.24. The smallest absolute Gasteiger partial charge is 0.230 e. The highest BCUT2D eigenvalue weighted by molar-refractivity contribution is 7.99. The van der Waals surface area contributed by atoms with Crippen LogP contribution in [-0.4, -0.2) is 17.9 Å². The van der Waals surface area contributed by atoms with Crippen molar-refractivity contribution in [2.45, 2.75) is 6.54 Å². The number of hydrogen-bond acceptors (Lipinski definition) is 3. The van der Waals surface area contributed by atoms with E-state index in [2.05, 4.69) is 5.32 Å². The number of nitrogens with one attached hydrogen (secondary N) is 1. The predicted octanol–water partition coefficient (Wildman–Crippen LogP) is 3.60. The van der Waals surface area contributed by atoms with Gasteiger partial charge in [0, 0.05) is 6.54 Å². The van der Waals surface area contributed by atoms with E-state index in [1.165, 1.54) is 23.9 Å². The van der Waals surface area contributed by atoms with Gasteiger partial charge in [0.2, 0.25) is 5.91 Å². The Morgan fingerprint density at radius 3 is 2.24 bits per heavy atom. The second-order valence-electron chi connectivity index (χ2n) is 4.41. The Balaban J connectivity index is 1.89. The molecule has 0 aliphatic heterocycles. The molecule has 21 heavy (non-hydrogen) atoms. The molecule has 0 aliphatic rings. The molecular weight excluding hydrogens is 289 g/mol. The van der Waals surface area contributed by atoms with Gasteiger partial charge < -0.3 is 10.1 Å². The normalized spacial score (nSPS) is 10.2. The van der Waals surface area contributed by atoms with Crippen LogP contribution in [-0.2, 0) is 11.3 Å².